The second-order valence-corrected chi connectivity index (χ2v) is 8.86. The van der Waals surface area contributed by atoms with Crippen LogP contribution in [0, 0.1) is 17.6 Å². The van der Waals surface area contributed by atoms with Gasteiger partial charge in [0.15, 0.2) is 0 Å². The lowest BCUT2D eigenvalue weighted by Gasteiger charge is -2.39. The molecule has 3 aromatic carbocycles. The van der Waals surface area contributed by atoms with Crippen LogP contribution in [0.25, 0.3) is 0 Å². The number of carbonyl (C=O) groups is 2. The standard InChI is InChI=1S/C28H28F2N2O3/c1-31(18-20-5-3-2-4-6-20)27(33)17-22-19-32(28(34)21-7-9-23(29)10-8-21)16-15-26(22)35-25-13-11-24(30)12-14-25/h2-14,22,26H,15-19H2,1H3/t22-,26-/m0/s1. The van der Waals surface area contributed by atoms with E-state index in [0.29, 0.717) is 37.4 Å². The number of nitrogens with zero attached hydrogens (tertiary/aromatic N) is 2. The van der Waals surface area contributed by atoms with Gasteiger partial charge in [-0.3, -0.25) is 9.59 Å². The molecule has 2 atom stereocenters. The number of carbonyl (C=O) groups excluding carboxylic acids is 2. The van der Waals surface area contributed by atoms with Gasteiger partial charge in [-0.1, -0.05) is 30.3 Å². The van der Waals surface area contributed by atoms with Crippen LogP contribution in [0.1, 0.15) is 28.8 Å². The van der Waals surface area contributed by atoms with Crippen molar-refractivity contribution in [2.45, 2.75) is 25.5 Å². The van der Waals surface area contributed by atoms with Gasteiger partial charge in [-0.25, -0.2) is 8.78 Å². The number of benzene rings is 3. The highest BCUT2D eigenvalue weighted by molar-refractivity contribution is 5.94. The van der Waals surface area contributed by atoms with Crippen LogP contribution in [-0.4, -0.2) is 47.9 Å². The smallest absolute Gasteiger partial charge is 0.253 e. The van der Waals surface area contributed by atoms with Crippen LogP contribution in [0.2, 0.25) is 0 Å². The van der Waals surface area contributed by atoms with Crippen LogP contribution >= 0.6 is 0 Å². The first-order valence-electron chi connectivity index (χ1n) is 11.6. The van der Waals surface area contributed by atoms with Crippen molar-refractivity contribution in [3.63, 3.8) is 0 Å². The van der Waals surface area contributed by atoms with E-state index < -0.39 is 5.82 Å². The first-order chi connectivity index (χ1) is 16.9. The Balaban J connectivity index is 1.48. The SMILES string of the molecule is CN(Cc1ccccc1)C(=O)C[C@H]1CN(C(=O)c2ccc(F)cc2)CC[C@@H]1Oc1ccc(F)cc1. The van der Waals surface area contributed by atoms with Crippen LogP contribution in [0.3, 0.4) is 0 Å². The first kappa shape index (κ1) is 24.4. The van der Waals surface area contributed by atoms with E-state index in [1.165, 1.54) is 36.4 Å². The van der Waals surface area contributed by atoms with E-state index in [-0.39, 0.29) is 36.1 Å². The van der Waals surface area contributed by atoms with E-state index in [2.05, 4.69) is 0 Å². The molecule has 0 bridgehead atoms. The van der Waals surface area contributed by atoms with Crippen molar-refractivity contribution in [2.75, 3.05) is 20.1 Å². The van der Waals surface area contributed by atoms with Crippen molar-refractivity contribution in [3.05, 3.63) is 102 Å². The Bertz CT molecular complexity index is 1140. The van der Waals surface area contributed by atoms with E-state index in [0.717, 1.165) is 5.56 Å². The van der Waals surface area contributed by atoms with Crippen LogP contribution in [0.5, 0.6) is 5.75 Å². The largest absolute Gasteiger partial charge is 0.490 e. The highest BCUT2D eigenvalue weighted by atomic mass is 19.1. The van der Waals surface area contributed by atoms with E-state index in [4.69, 9.17) is 4.74 Å². The predicted octanol–water partition coefficient (Wildman–Crippen LogP) is 4.92. The predicted molar refractivity (Wildman–Crippen MR) is 129 cm³/mol. The van der Waals surface area contributed by atoms with Gasteiger partial charge in [0.25, 0.3) is 5.91 Å². The van der Waals surface area contributed by atoms with Crippen molar-refractivity contribution in [1.82, 2.24) is 9.80 Å². The summed E-state index contributed by atoms with van der Waals surface area (Å²) in [5.74, 6) is -0.763. The molecule has 1 fully saturated rings. The molecule has 3 aromatic rings. The third kappa shape index (κ3) is 6.44. The maximum absolute atomic E-state index is 13.3. The monoisotopic (exact) mass is 478 g/mol. The number of hydrogen-bond donors (Lipinski definition) is 0. The maximum Gasteiger partial charge on any atom is 0.253 e. The second kappa shape index (κ2) is 11.1. The van der Waals surface area contributed by atoms with E-state index in [9.17, 15) is 18.4 Å². The van der Waals surface area contributed by atoms with Gasteiger partial charge in [0, 0.05) is 51.0 Å². The zero-order valence-electron chi connectivity index (χ0n) is 19.6. The van der Waals surface area contributed by atoms with E-state index in [1.807, 2.05) is 30.3 Å². The molecule has 0 spiro atoms. The summed E-state index contributed by atoms with van der Waals surface area (Å²) in [6.07, 6.45) is 0.402. The van der Waals surface area contributed by atoms with Gasteiger partial charge in [0.1, 0.15) is 23.5 Å². The maximum atomic E-state index is 13.3. The highest BCUT2D eigenvalue weighted by Crippen LogP contribution is 2.27. The third-order valence-electron chi connectivity index (χ3n) is 6.27. The Morgan fingerprint density at radius 3 is 2.23 bits per heavy atom. The van der Waals surface area contributed by atoms with Crippen molar-refractivity contribution in [1.29, 1.82) is 0 Å². The summed E-state index contributed by atoms with van der Waals surface area (Å²) < 4.78 is 32.8. The topological polar surface area (TPSA) is 49.9 Å². The molecule has 1 aliphatic heterocycles. The fourth-order valence-corrected chi connectivity index (χ4v) is 4.33. The number of amides is 2. The van der Waals surface area contributed by atoms with Crippen LogP contribution in [-0.2, 0) is 11.3 Å². The van der Waals surface area contributed by atoms with Gasteiger partial charge in [-0.2, -0.15) is 0 Å². The second-order valence-electron chi connectivity index (χ2n) is 8.86. The van der Waals surface area contributed by atoms with E-state index in [1.54, 1.807) is 29.0 Å². The summed E-state index contributed by atoms with van der Waals surface area (Å²) in [5, 5.41) is 0. The highest BCUT2D eigenvalue weighted by Gasteiger charge is 2.35. The average Bonchev–Trinajstić information content (AvgIpc) is 2.87. The molecule has 1 heterocycles. The number of rotatable bonds is 7. The molecular formula is C28H28F2N2O3. The van der Waals surface area contributed by atoms with Gasteiger partial charge in [-0.15, -0.1) is 0 Å². The van der Waals surface area contributed by atoms with Gasteiger partial charge in [-0.05, 0) is 54.1 Å². The quantitative estimate of drug-likeness (QED) is 0.484. The molecule has 1 aliphatic rings. The summed E-state index contributed by atoms with van der Waals surface area (Å²) >= 11 is 0. The molecule has 2 amide bonds. The Kier molecular flexibility index (Phi) is 7.75. The summed E-state index contributed by atoms with van der Waals surface area (Å²) in [6.45, 7) is 1.24. The van der Waals surface area contributed by atoms with Crippen molar-refractivity contribution < 1.29 is 23.1 Å². The molecule has 0 unspecified atom stereocenters. The number of halogens is 2. The average molecular weight is 479 g/mol. The summed E-state index contributed by atoms with van der Waals surface area (Å²) in [5.41, 5.74) is 1.43. The molecule has 1 saturated heterocycles. The van der Waals surface area contributed by atoms with Gasteiger partial charge < -0.3 is 14.5 Å². The molecular weight excluding hydrogens is 450 g/mol. The van der Waals surface area contributed by atoms with Gasteiger partial charge in [0.05, 0.1) is 0 Å². The normalized spacial score (nSPS) is 17.6. The Morgan fingerprint density at radius 2 is 1.57 bits per heavy atom. The fraction of sp³-hybridized carbons (Fsp3) is 0.286. The molecule has 182 valence electrons. The molecule has 0 aliphatic carbocycles. The van der Waals surface area contributed by atoms with Gasteiger partial charge in [0.2, 0.25) is 5.91 Å². The third-order valence-corrected chi connectivity index (χ3v) is 6.27. The van der Waals surface area contributed by atoms with Crippen molar-refractivity contribution in [2.24, 2.45) is 5.92 Å². The first-order valence-corrected chi connectivity index (χ1v) is 11.6. The number of piperidine rings is 1. The Morgan fingerprint density at radius 1 is 0.943 bits per heavy atom. The lowest BCUT2D eigenvalue weighted by atomic mass is 9.90. The summed E-state index contributed by atoms with van der Waals surface area (Å²) in [7, 11) is 1.76. The zero-order valence-corrected chi connectivity index (χ0v) is 19.6. The minimum atomic E-state index is -0.405. The summed E-state index contributed by atoms with van der Waals surface area (Å²) in [6, 6.07) is 21.0. The number of hydrogen-bond acceptors (Lipinski definition) is 3. The minimum absolute atomic E-state index is 0.0531. The Hall–Kier alpha value is -3.74. The van der Waals surface area contributed by atoms with Crippen LogP contribution < -0.4 is 4.74 Å². The molecule has 0 saturated carbocycles. The lowest BCUT2D eigenvalue weighted by molar-refractivity contribution is -0.132. The minimum Gasteiger partial charge on any atom is -0.490 e. The Labute approximate surface area is 203 Å². The molecule has 0 aromatic heterocycles. The molecule has 35 heavy (non-hydrogen) atoms. The van der Waals surface area contributed by atoms with Crippen LogP contribution in [0.15, 0.2) is 78.9 Å². The van der Waals surface area contributed by atoms with Crippen molar-refractivity contribution >= 4 is 11.8 Å². The van der Waals surface area contributed by atoms with Crippen molar-refractivity contribution in [3.8, 4) is 5.75 Å². The summed E-state index contributed by atoms with van der Waals surface area (Å²) in [4.78, 5) is 29.5. The molecule has 0 radical (unpaired) electrons. The molecule has 5 nitrogen and oxygen atoms in total. The zero-order chi connectivity index (χ0) is 24.8. The molecule has 4 rings (SSSR count). The lowest BCUT2D eigenvalue weighted by Crippen LogP contribution is -2.49. The van der Waals surface area contributed by atoms with E-state index >= 15 is 0 Å². The molecule has 0 N–H and O–H groups in total. The molecule has 7 heteroatoms. The van der Waals surface area contributed by atoms with Crippen LogP contribution in [0.4, 0.5) is 8.78 Å². The van der Waals surface area contributed by atoms with Gasteiger partial charge >= 0.3 is 0 Å². The number of ether oxygens (including phenoxy) is 1. The fourth-order valence-electron chi connectivity index (χ4n) is 4.33. The number of likely N-dealkylation sites (tertiary alicyclic amines) is 1.